The summed E-state index contributed by atoms with van der Waals surface area (Å²) >= 11 is 5.75. The zero-order valence-electron chi connectivity index (χ0n) is 21.9. The van der Waals surface area contributed by atoms with Crippen LogP contribution in [0, 0.1) is 0 Å². The Morgan fingerprint density at radius 2 is 1.46 bits per heavy atom. The molecule has 0 radical (unpaired) electrons. The molecule has 2 heterocycles. The predicted octanol–water partition coefficient (Wildman–Crippen LogP) is 4.15. The lowest BCUT2D eigenvalue weighted by Crippen LogP contribution is -2.50. The van der Waals surface area contributed by atoms with Gasteiger partial charge in [-0.1, -0.05) is 43.7 Å². The molecule has 1 unspecified atom stereocenters. The van der Waals surface area contributed by atoms with Crippen molar-refractivity contribution in [3.63, 3.8) is 0 Å². The highest BCUT2D eigenvalue weighted by molar-refractivity contribution is 7.89. The van der Waals surface area contributed by atoms with Gasteiger partial charge in [-0.15, -0.1) is 0 Å². The van der Waals surface area contributed by atoms with Crippen LogP contribution in [-0.2, 0) is 24.3 Å². The standard InChI is InChI=1S/C11H14ClNO3S.C10H16N2O3.C5H10/c1-9-8-16-7-6-13(9)17(14,15)11-4-2-10(12)3-5-11;1-8(13)11-4-6-12(7-5-11)10(14)15-9-2-3-9;1-2-4-5-3-1/h2-5,9H,6-8H2,1H3;9H,2-7H2,1H3;1-5H2. The Kier molecular flexibility index (Phi) is 11.5. The van der Waals surface area contributed by atoms with Crippen molar-refractivity contribution in [1.29, 1.82) is 0 Å². The molecule has 9 nitrogen and oxygen atoms in total. The van der Waals surface area contributed by atoms with Gasteiger partial charge in [0.1, 0.15) is 6.10 Å². The van der Waals surface area contributed by atoms with Crippen molar-refractivity contribution in [2.24, 2.45) is 0 Å². The van der Waals surface area contributed by atoms with Crippen LogP contribution in [0.25, 0.3) is 0 Å². The van der Waals surface area contributed by atoms with E-state index in [9.17, 15) is 18.0 Å². The molecule has 2 amide bonds. The minimum atomic E-state index is -3.43. The Balaban J connectivity index is 0.000000174. The molecule has 0 aromatic heterocycles. The highest BCUT2D eigenvalue weighted by atomic mass is 35.5. The van der Waals surface area contributed by atoms with Gasteiger partial charge >= 0.3 is 6.09 Å². The SMILES string of the molecule is C1CCCC1.CC(=O)N1CCN(C(=O)OC2CC2)CC1.CC1COCCN1S(=O)(=O)c1ccc(Cl)cc1. The van der Waals surface area contributed by atoms with Gasteiger partial charge in [0.05, 0.1) is 18.1 Å². The lowest BCUT2D eigenvalue weighted by molar-refractivity contribution is -0.130. The third kappa shape index (κ3) is 9.42. The molecule has 1 atom stereocenters. The van der Waals surface area contributed by atoms with Gasteiger partial charge in [-0.3, -0.25) is 4.79 Å². The number of halogens is 1. The van der Waals surface area contributed by atoms with Crippen LogP contribution < -0.4 is 0 Å². The Bertz CT molecular complexity index is 967. The highest BCUT2D eigenvalue weighted by Crippen LogP contribution is 2.24. The van der Waals surface area contributed by atoms with E-state index in [1.54, 1.807) is 28.9 Å². The summed E-state index contributed by atoms with van der Waals surface area (Å²) in [7, 11) is -3.43. The van der Waals surface area contributed by atoms with Gasteiger partial charge in [0, 0.05) is 50.7 Å². The number of hydrogen-bond donors (Lipinski definition) is 0. The number of piperazine rings is 1. The van der Waals surface area contributed by atoms with Crippen molar-refractivity contribution in [2.45, 2.75) is 75.8 Å². The fourth-order valence-electron chi connectivity index (χ4n) is 4.30. The summed E-state index contributed by atoms with van der Waals surface area (Å²) in [6, 6.07) is 6.09. The van der Waals surface area contributed by atoms with E-state index in [1.165, 1.54) is 48.5 Å². The fraction of sp³-hybridized carbons (Fsp3) is 0.692. The van der Waals surface area contributed by atoms with E-state index in [1.807, 2.05) is 6.92 Å². The second-order valence-electron chi connectivity index (χ2n) is 9.84. The zero-order valence-corrected chi connectivity index (χ0v) is 23.5. The number of ether oxygens (including phenoxy) is 2. The summed E-state index contributed by atoms with van der Waals surface area (Å²) in [5.41, 5.74) is 0. The molecule has 2 aliphatic carbocycles. The van der Waals surface area contributed by atoms with E-state index in [4.69, 9.17) is 21.1 Å². The molecule has 5 rings (SSSR count). The summed E-state index contributed by atoms with van der Waals surface area (Å²) < 4.78 is 36.6. The minimum Gasteiger partial charge on any atom is -0.446 e. The van der Waals surface area contributed by atoms with Crippen LogP contribution >= 0.6 is 11.6 Å². The van der Waals surface area contributed by atoms with Crippen LogP contribution in [-0.4, -0.2) is 92.6 Å². The normalized spacial score (nSPS) is 22.3. The number of carbonyl (C=O) groups is 2. The van der Waals surface area contributed by atoms with Crippen molar-refractivity contribution < 1.29 is 27.5 Å². The minimum absolute atomic E-state index is 0.0743. The number of rotatable bonds is 3. The first kappa shape index (κ1) is 29.7. The number of nitrogens with zero attached hydrogens (tertiary/aromatic N) is 3. The molecule has 2 saturated carbocycles. The summed E-state index contributed by atoms with van der Waals surface area (Å²) in [4.78, 5) is 26.3. The van der Waals surface area contributed by atoms with Gasteiger partial charge in [-0.25, -0.2) is 13.2 Å². The number of amides is 2. The van der Waals surface area contributed by atoms with Crippen molar-refractivity contribution in [3.05, 3.63) is 29.3 Å². The molecule has 1 aromatic carbocycles. The maximum Gasteiger partial charge on any atom is 0.410 e. The Morgan fingerprint density at radius 1 is 0.919 bits per heavy atom. The lowest BCUT2D eigenvalue weighted by Gasteiger charge is -2.33. The Morgan fingerprint density at radius 3 is 1.95 bits per heavy atom. The van der Waals surface area contributed by atoms with E-state index in [0.717, 1.165) is 12.8 Å². The van der Waals surface area contributed by atoms with Gasteiger partial charge in [0.25, 0.3) is 0 Å². The quantitative estimate of drug-likeness (QED) is 0.554. The van der Waals surface area contributed by atoms with Gasteiger partial charge in [0.2, 0.25) is 15.9 Å². The van der Waals surface area contributed by atoms with Crippen molar-refractivity contribution >= 4 is 33.6 Å². The van der Waals surface area contributed by atoms with Gasteiger partial charge in [0.15, 0.2) is 0 Å². The third-order valence-electron chi connectivity index (χ3n) is 6.75. The summed E-state index contributed by atoms with van der Waals surface area (Å²) in [6.45, 7) is 7.08. The largest absolute Gasteiger partial charge is 0.446 e. The van der Waals surface area contributed by atoms with E-state index in [-0.39, 0.29) is 29.0 Å². The van der Waals surface area contributed by atoms with Crippen molar-refractivity contribution in [2.75, 3.05) is 45.9 Å². The van der Waals surface area contributed by atoms with Crippen molar-refractivity contribution in [3.8, 4) is 0 Å². The molecule has 2 aliphatic heterocycles. The maximum atomic E-state index is 12.3. The number of benzene rings is 1. The molecule has 2 saturated heterocycles. The zero-order chi connectivity index (χ0) is 26.8. The molecule has 1 aromatic rings. The van der Waals surface area contributed by atoms with Crippen LogP contribution in [0.1, 0.15) is 58.8 Å². The van der Waals surface area contributed by atoms with E-state index >= 15 is 0 Å². The molecular formula is C26H40ClN3O6S. The van der Waals surface area contributed by atoms with Crippen LogP contribution in [0.4, 0.5) is 4.79 Å². The Hall–Kier alpha value is -1.88. The highest BCUT2D eigenvalue weighted by Gasteiger charge is 2.32. The molecule has 208 valence electrons. The van der Waals surface area contributed by atoms with Gasteiger partial charge in [-0.05, 0) is 44.0 Å². The van der Waals surface area contributed by atoms with Crippen molar-refractivity contribution in [1.82, 2.24) is 14.1 Å². The molecule has 0 spiro atoms. The van der Waals surface area contributed by atoms with E-state index in [0.29, 0.717) is 51.0 Å². The van der Waals surface area contributed by atoms with Crippen LogP contribution in [0.3, 0.4) is 0 Å². The fourth-order valence-corrected chi connectivity index (χ4v) is 6.03. The maximum absolute atomic E-state index is 12.3. The smallest absolute Gasteiger partial charge is 0.410 e. The summed E-state index contributed by atoms with van der Waals surface area (Å²) in [5, 5.41) is 0.527. The molecule has 4 fully saturated rings. The van der Waals surface area contributed by atoms with Gasteiger partial charge < -0.3 is 19.3 Å². The Labute approximate surface area is 226 Å². The summed E-state index contributed by atoms with van der Waals surface area (Å²) in [5.74, 6) is 0.0743. The average molecular weight is 558 g/mol. The third-order valence-corrected chi connectivity index (χ3v) is 9.03. The number of carbonyl (C=O) groups excluding carboxylic acids is 2. The van der Waals surface area contributed by atoms with E-state index in [2.05, 4.69) is 0 Å². The molecule has 37 heavy (non-hydrogen) atoms. The first-order valence-electron chi connectivity index (χ1n) is 13.2. The average Bonchev–Trinajstić information content (AvgIpc) is 3.48. The lowest BCUT2D eigenvalue weighted by atomic mass is 10.3. The number of hydrogen-bond acceptors (Lipinski definition) is 6. The number of sulfonamides is 1. The molecule has 0 N–H and O–H groups in total. The summed E-state index contributed by atoms with van der Waals surface area (Å²) in [6.07, 6.45) is 9.43. The van der Waals surface area contributed by atoms with E-state index < -0.39 is 10.0 Å². The van der Waals surface area contributed by atoms with Gasteiger partial charge in [-0.2, -0.15) is 4.31 Å². The first-order chi connectivity index (χ1) is 17.7. The molecule has 0 bridgehead atoms. The number of morpholine rings is 1. The first-order valence-corrected chi connectivity index (χ1v) is 15.1. The van der Waals surface area contributed by atoms with Crippen LogP contribution in [0.15, 0.2) is 29.2 Å². The predicted molar refractivity (Wildman–Crippen MR) is 142 cm³/mol. The monoisotopic (exact) mass is 557 g/mol. The second kappa shape index (κ2) is 14.3. The molecule has 4 aliphatic rings. The molecular weight excluding hydrogens is 518 g/mol. The van der Waals surface area contributed by atoms with Crippen LogP contribution in [0.5, 0.6) is 0 Å². The molecule has 11 heteroatoms. The van der Waals surface area contributed by atoms with Crippen LogP contribution in [0.2, 0.25) is 5.02 Å². The second-order valence-corrected chi connectivity index (χ2v) is 12.2. The topological polar surface area (TPSA) is 96.5 Å².